The summed E-state index contributed by atoms with van der Waals surface area (Å²) >= 11 is -18.3. The Morgan fingerprint density at radius 3 is 0.438 bits per heavy atom. The van der Waals surface area contributed by atoms with E-state index in [1.165, 1.54) is 0 Å². The van der Waals surface area contributed by atoms with Crippen LogP contribution in [-0.4, -0.2) is 0 Å². The van der Waals surface area contributed by atoms with Crippen LogP contribution < -0.4 is 11.5 Å². The van der Waals surface area contributed by atoms with Crippen LogP contribution in [0.2, 0.25) is 0 Å². The van der Waals surface area contributed by atoms with E-state index in [9.17, 15) is 0 Å². The zero-order chi connectivity index (χ0) is 13.5. The fraction of sp³-hybridized carbons (Fsp3) is 0. The third-order valence-electron chi connectivity index (χ3n) is 0. The molecule has 0 heterocycles. The average Bonchev–Trinajstić information content (AvgIpc) is 1.41. The number of hydrogen-bond donors (Lipinski definition) is 0. The standard InChI is InChI=1S/Gd.12O.3Re/q+3;;;;;;;;;;3*-1;;;. The van der Waals surface area contributed by atoms with Gasteiger partial charge in [0.05, 0.1) is 0 Å². The summed E-state index contributed by atoms with van der Waals surface area (Å²) in [5.74, 6) is 0. The van der Waals surface area contributed by atoms with Crippen molar-refractivity contribution in [1.29, 1.82) is 0 Å². The van der Waals surface area contributed by atoms with Crippen LogP contribution in [0.3, 0.4) is 0 Å². The molecule has 0 aliphatic carbocycles. The predicted octanol–water partition coefficient (Wildman–Crippen LogP) is -4.64. The Morgan fingerprint density at radius 1 is 0.438 bits per heavy atom. The first-order valence-corrected chi connectivity index (χ1v) is 15.2. The van der Waals surface area contributed by atoms with Gasteiger partial charge in [0, 0.05) is 0 Å². The van der Waals surface area contributed by atoms with Crippen molar-refractivity contribution in [2.45, 2.75) is 0 Å². The Morgan fingerprint density at radius 2 is 0.438 bits per heavy atom. The maximum atomic E-state index is 8.64. The van der Waals surface area contributed by atoms with E-state index in [4.69, 9.17) is 42.7 Å². The first kappa shape index (κ1) is 26.1. The van der Waals surface area contributed by atoms with Gasteiger partial charge in [0.15, 0.2) is 0 Å². The van der Waals surface area contributed by atoms with Crippen LogP contribution in [-0.2, 0) is 78.6 Å². The molecule has 16 heteroatoms. The van der Waals surface area contributed by atoms with Crippen molar-refractivity contribution >= 4 is 0 Å². The van der Waals surface area contributed by atoms with E-state index < -0.39 is 47.4 Å². The Labute approximate surface area is 128 Å². The van der Waals surface area contributed by atoms with Crippen molar-refractivity contribution in [3.05, 3.63) is 0 Å². The molecule has 0 atom stereocenters. The average molecular weight is 908 g/mol. The summed E-state index contributed by atoms with van der Waals surface area (Å²) < 4.78 is 104. The second kappa shape index (κ2) is 10.3. The summed E-state index contributed by atoms with van der Waals surface area (Å²) in [6.45, 7) is 0. The van der Waals surface area contributed by atoms with Crippen molar-refractivity contribution < 1.29 is 130 Å². The van der Waals surface area contributed by atoms with E-state index in [1.807, 2.05) is 0 Å². The number of rotatable bonds is 0. The fourth-order valence-corrected chi connectivity index (χ4v) is 0. The van der Waals surface area contributed by atoms with Gasteiger partial charge in [-0.25, -0.2) is 0 Å². The van der Waals surface area contributed by atoms with Crippen LogP contribution in [0.25, 0.3) is 0 Å². The normalized spacial score (nSPS) is 10.7. The third kappa shape index (κ3) is 1650. The summed E-state index contributed by atoms with van der Waals surface area (Å²) in [6.07, 6.45) is 0. The van der Waals surface area contributed by atoms with Gasteiger partial charge < -0.3 is 0 Å². The van der Waals surface area contributed by atoms with Gasteiger partial charge in [0.1, 0.15) is 0 Å². The zero-order valence-electron chi connectivity index (χ0n) is 6.39. The van der Waals surface area contributed by atoms with Crippen molar-refractivity contribution in [2.24, 2.45) is 0 Å². The van der Waals surface area contributed by atoms with Crippen LogP contribution in [0.4, 0.5) is 0 Å². The molecule has 0 rings (SSSR count). The zero-order valence-corrected chi connectivity index (χ0v) is 16.8. The van der Waals surface area contributed by atoms with Gasteiger partial charge >= 0.3 is 130 Å². The molecule has 0 aromatic heterocycles. The molecule has 0 spiro atoms. The van der Waals surface area contributed by atoms with Crippen LogP contribution in [0.1, 0.15) is 0 Å². The fourth-order valence-electron chi connectivity index (χ4n) is 0. The molecule has 0 N–H and O–H groups in total. The quantitative estimate of drug-likeness (QED) is 0.224. The summed E-state index contributed by atoms with van der Waals surface area (Å²) in [5.41, 5.74) is 0. The van der Waals surface area contributed by atoms with Crippen molar-refractivity contribution in [1.82, 2.24) is 0 Å². The van der Waals surface area contributed by atoms with Gasteiger partial charge in [-0.2, -0.15) is 0 Å². The van der Waals surface area contributed by atoms with E-state index in [2.05, 4.69) is 0 Å². The minimum absolute atomic E-state index is 0. The van der Waals surface area contributed by atoms with Crippen LogP contribution in [0.15, 0.2) is 0 Å². The molecule has 101 valence electrons. The second-order valence-corrected chi connectivity index (χ2v) is 9.28. The van der Waals surface area contributed by atoms with Gasteiger partial charge in [0.2, 0.25) is 0 Å². The molecule has 0 amide bonds. The van der Waals surface area contributed by atoms with Gasteiger partial charge in [0.25, 0.3) is 0 Å². The summed E-state index contributed by atoms with van der Waals surface area (Å²) in [7, 11) is 0. The summed E-state index contributed by atoms with van der Waals surface area (Å²) in [6, 6.07) is 0. The molecular formula is GdO12Re3. The maximum absolute atomic E-state index is 8.64. The first-order valence-electron chi connectivity index (χ1n) is 1.85. The van der Waals surface area contributed by atoms with E-state index in [0.29, 0.717) is 0 Å². The van der Waals surface area contributed by atoms with E-state index in [1.54, 1.807) is 0 Å². The molecule has 0 aliphatic heterocycles. The molecule has 12 nitrogen and oxygen atoms in total. The monoisotopic (exact) mass is 911 g/mol. The second-order valence-electron chi connectivity index (χ2n) is 1.13. The van der Waals surface area contributed by atoms with E-state index in [0.717, 1.165) is 0 Å². The van der Waals surface area contributed by atoms with Crippen molar-refractivity contribution in [2.75, 3.05) is 0 Å². The minimum atomic E-state index is -6.11. The molecule has 16 heavy (non-hydrogen) atoms. The van der Waals surface area contributed by atoms with Crippen molar-refractivity contribution in [3.8, 4) is 0 Å². The molecule has 0 fully saturated rings. The Balaban J connectivity index is -0.0000000655. The Hall–Kier alpha value is 1.39. The molecule has 0 bridgehead atoms. The Kier molecular flexibility index (Phi) is 16.8. The SMILES string of the molecule is [Gd+3].[O]=[Re](=[O])(=[O])[O-].[O]=[Re](=[O])(=[O])[O-].[O]=[Re](=[O])(=[O])[O-]. The molecule has 0 aliphatic rings. The third-order valence-corrected chi connectivity index (χ3v) is 0. The first-order chi connectivity index (χ1) is 6.00. The molecule has 0 aromatic carbocycles. The molecular weight excluding hydrogens is 908 g/mol. The van der Waals surface area contributed by atoms with Gasteiger partial charge in [-0.05, 0) is 0 Å². The molecule has 0 saturated carbocycles. The predicted molar refractivity (Wildman–Crippen MR) is 6.18 cm³/mol. The van der Waals surface area contributed by atoms with Crippen molar-refractivity contribution in [3.63, 3.8) is 0 Å². The van der Waals surface area contributed by atoms with Gasteiger partial charge in [-0.1, -0.05) is 0 Å². The van der Waals surface area contributed by atoms with Gasteiger partial charge in [-0.15, -0.1) is 0 Å². The number of hydrogen-bond acceptors (Lipinski definition) is 12. The summed E-state index contributed by atoms with van der Waals surface area (Å²) in [5, 5.41) is 0. The van der Waals surface area contributed by atoms with Gasteiger partial charge in [-0.3, -0.25) is 0 Å². The summed E-state index contributed by atoms with van der Waals surface area (Å²) in [4.78, 5) is 0. The molecule has 0 unspecified atom stereocenters. The van der Waals surface area contributed by atoms with Crippen LogP contribution in [0, 0.1) is 39.9 Å². The van der Waals surface area contributed by atoms with Crippen LogP contribution in [0.5, 0.6) is 0 Å². The molecule has 0 aromatic rings. The topological polar surface area (TPSA) is 223 Å². The van der Waals surface area contributed by atoms with E-state index in [-0.39, 0.29) is 39.9 Å². The Bertz CT molecular complexity index is 480. The van der Waals surface area contributed by atoms with E-state index >= 15 is 0 Å². The molecule has 1 radical (unpaired) electrons. The van der Waals surface area contributed by atoms with Crippen LogP contribution >= 0.6 is 0 Å². The molecule has 0 saturated heterocycles.